The molecule has 0 spiro atoms. The van der Waals surface area contributed by atoms with Crippen LogP contribution >= 0.6 is 0 Å². The van der Waals surface area contributed by atoms with Gasteiger partial charge < -0.3 is 34.3 Å². The van der Waals surface area contributed by atoms with Gasteiger partial charge in [-0.25, -0.2) is 9.59 Å². The maximum Gasteiger partial charge on any atom is 0.433 e. The van der Waals surface area contributed by atoms with Gasteiger partial charge in [0.05, 0.1) is 39.6 Å². The van der Waals surface area contributed by atoms with E-state index in [4.69, 9.17) is 29.2 Å². The second-order valence-electron chi connectivity index (χ2n) is 10.0. The van der Waals surface area contributed by atoms with E-state index >= 15 is 0 Å². The van der Waals surface area contributed by atoms with E-state index in [1.165, 1.54) is 6.21 Å². The Morgan fingerprint density at radius 3 is 2.05 bits per heavy atom. The Morgan fingerprint density at radius 2 is 1.47 bits per heavy atom. The molecule has 218 valence electrons. The lowest BCUT2D eigenvalue weighted by Crippen LogP contribution is -2.48. The molecule has 0 heterocycles. The fourth-order valence-corrected chi connectivity index (χ4v) is 2.62. The molecule has 0 saturated heterocycles. The zero-order valence-electron chi connectivity index (χ0n) is 23.5. The monoisotopic (exact) mass is 544 g/mol. The third-order valence-electron chi connectivity index (χ3n) is 4.11. The highest BCUT2D eigenvalue weighted by atomic mass is 16.6. The molecule has 0 aliphatic heterocycles. The second-order valence-corrected chi connectivity index (χ2v) is 10.0. The van der Waals surface area contributed by atoms with Crippen molar-refractivity contribution in [1.29, 1.82) is 0 Å². The maximum atomic E-state index is 12.7. The average Bonchev–Trinajstić information content (AvgIpc) is 2.78. The van der Waals surface area contributed by atoms with Gasteiger partial charge in [0, 0.05) is 24.2 Å². The van der Waals surface area contributed by atoms with Crippen LogP contribution in [0.25, 0.3) is 10.4 Å². The Labute approximate surface area is 224 Å². The van der Waals surface area contributed by atoms with E-state index in [0.717, 1.165) is 0 Å². The normalized spacial score (nSPS) is 12.5. The number of nitrogens with one attached hydrogen (secondary N) is 2. The predicted octanol–water partition coefficient (Wildman–Crippen LogP) is 3.53. The molecule has 38 heavy (non-hydrogen) atoms. The van der Waals surface area contributed by atoms with E-state index in [9.17, 15) is 14.4 Å². The molecule has 0 saturated carbocycles. The molecule has 14 heteroatoms. The van der Waals surface area contributed by atoms with E-state index < -0.39 is 29.4 Å². The summed E-state index contributed by atoms with van der Waals surface area (Å²) < 4.78 is 26.4. The summed E-state index contributed by atoms with van der Waals surface area (Å²) >= 11 is 0. The van der Waals surface area contributed by atoms with Crippen molar-refractivity contribution in [3.63, 3.8) is 0 Å². The summed E-state index contributed by atoms with van der Waals surface area (Å²) in [4.78, 5) is 42.9. The standard InChI is InChI=1S/C24H44N6O8/c1-23(2,3)37-21(32)27-10-8-7-9-19(29-22(33)38-24(4,5)6)20(31)26-11-13-34-15-17-36-18-16-35-14-12-28-30-25/h10,19H,7-9,11-18H2,1-6H3,(H,26,31)(H,29,33)/b27-10+/t19-/m0/s1. The van der Waals surface area contributed by atoms with Crippen LogP contribution < -0.4 is 10.6 Å². The lowest BCUT2D eigenvalue weighted by Gasteiger charge is -2.23. The number of alkyl carbamates (subject to hydrolysis) is 1. The molecule has 0 aliphatic rings. The van der Waals surface area contributed by atoms with Crippen molar-refractivity contribution in [3.05, 3.63) is 10.4 Å². The van der Waals surface area contributed by atoms with Crippen molar-refractivity contribution in [2.45, 2.75) is 78.0 Å². The molecular formula is C24H44N6O8. The lowest BCUT2D eigenvalue weighted by atomic mass is 10.1. The number of amides is 3. The Morgan fingerprint density at radius 1 is 0.895 bits per heavy atom. The molecular weight excluding hydrogens is 500 g/mol. The zero-order chi connectivity index (χ0) is 28.9. The number of aliphatic imine (C=N–C) groups is 1. The first-order valence-corrected chi connectivity index (χ1v) is 12.6. The minimum absolute atomic E-state index is 0.244. The number of ether oxygens (including phenoxy) is 5. The minimum Gasteiger partial charge on any atom is -0.444 e. The van der Waals surface area contributed by atoms with Crippen LogP contribution in [0.2, 0.25) is 0 Å². The molecule has 0 rings (SSSR count). The molecule has 0 radical (unpaired) electrons. The SMILES string of the molecule is CC(C)(C)OC(=O)/N=C/CCC[C@H](NC(=O)OC(C)(C)C)C(=O)NCCOCCOCCOCCN=[N+]=[N-]. The van der Waals surface area contributed by atoms with Crippen LogP contribution in [-0.2, 0) is 28.5 Å². The molecule has 2 N–H and O–H groups in total. The van der Waals surface area contributed by atoms with Crippen molar-refractivity contribution in [2.24, 2.45) is 10.1 Å². The van der Waals surface area contributed by atoms with Gasteiger partial charge >= 0.3 is 12.2 Å². The van der Waals surface area contributed by atoms with Gasteiger partial charge in [0.2, 0.25) is 5.91 Å². The Kier molecular flexibility index (Phi) is 18.5. The van der Waals surface area contributed by atoms with Gasteiger partial charge in [0.25, 0.3) is 0 Å². The van der Waals surface area contributed by atoms with Crippen LogP contribution in [0, 0.1) is 0 Å². The summed E-state index contributed by atoms with van der Waals surface area (Å²) in [6.07, 6.45) is 1.27. The largest absolute Gasteiger partial charge is 0.444 e. The van der Waals surface area contributed by atoms with Gasteiger partial charge in [-0.1, -0.05) is 5.11 Å². The van der Waals surface area contributed by atoms with E-state index in [0.29, 0.717) is 52.3 Å². The fraction of sp³-hybridized carbons (Fsp3) is 0.833. The highest BCUT2D eigenvalue weighted by molar-refractivity contribution is 5.85. The summed E-state index contributed by atoms with van der Waals surface area (Å²) in [6.45, 7) is 13.0. The quantitative estimate of drug-likeness (QED) is 0.0863. The molecule has 14 nitrogen and oxygen atoms in total. The minimum atomic E-state index is -0.832. The number of carbonyl (C=O) groups is 3. The molecule has 0 aromatic heterocycles. The Bertz CT molecular complexity index is 773. The first-order chi connectivity index (χ1) is 17.8. The highest BCUT2D eigenvalue weighted by Crippen LogP contribution is 2.09. The predicted molar refractivity (Wildman–Crippen MR) is 141 cm³/mol. The second kappa shape index (κ2) is 20.1. The van der Waals surface area contributed by atoms with E-state index in [2.05, 4.69) is 25.7 Å². The van der Waals surface area contributed by atoms with Crippen molar-refractivity contribution in [3.8, 4) is 0 Å². The van der Waals surface area contributed by atoms with Gasteiger partial charge in [-0.05, 0) is 66.3 Å². The van der Waals surface area contributed by atoms with Crippen LogP contribution in [0.15, 0.2) is 10.1 Å². The molecule has 1 atom stereocenters. The fourth-order valence-electron chi connectivity index (χ4n) is 2.62. The number of azide groups is 1. The van der Waals surface area contributed by atoms with Crippen LogP contribution in [0.3, 0.4) is 0 Å². The molecule has 0 aromatic rings. The van der Waals surface area contributed by atoms with Gasteiger partial charge in [0.1, 0.15) is 17.2 Å². The van der Waals surface area contributed by atoms with E-state index in [1.54, 1.807) is 41.5 Å². The van der Waals surface area contributed by atoms with Gasteiger partial charge in [-0.2, -0.15) is 4.99 Å². The van der Waals surface area contributed by atoms with Gasteiger partial charge in [-0.3, -0.25) is 4.79 Å². The van der Waals surface area contributed by atoms with Crippen molar-refractivity contribution < 1.29 is 38.1 Å². The Hall–Kier alpha value is -2.93. The molecule has 0 unspecified atom stereocenters. The zero-order valence-corrected chi connectivity index (χ0v) is 23.5. The third kappa shape index (κ3) is 23.5. The molecule has 3 amide bonds. The maximum absolute atomic E-state index is 12.7. The number of unbranched alkanes of at least 4 members (excludes halogenated alkanes) is 1. The number of nitrogens with zero attached hydrogens (tertiary/aromatic N) is 4. The third-order valence-corrected chi connectivity index (χ3v) is 4.11. The van der Waals surface area contributed by atoms with Crippen molar-refractivity contribution in [1.82, 2.24) is 10.6 Å². The lowest BCUT2D eigenvalue weighted by molar-refractivity contribution is -0.123. The van der Waals surface area contributed by atoms with Crippen LogP contribution in [0.4, 0.5) is 9.59 Å². The van der Waals surface area contributed by atoms with Crippen LogP contribution in [0.5, 0.6) is 0 Å². The molecule has 0 fully saturated rings. The van der Waals surface area contributed by atoms with Crippen molar-refractivity contribution >= 4 is 24.3 Å². The smallest absolute Gasteiger partial charge is 0.433 e. The van der Waals surface area contributed by atoms with Crippen LogP contribution in [0.1, 0.15) is 60.8 Å². The first kappa shape index (κ1) is 35.1. The summed E-state index contributed by atoms with van der Waals surface area (Å²) in [6, 6.07) is -0.832. The summed E-state index contributed by atoms with van der Waals surface area (Å²) in [7, 11) is 0. The summed E-state index contributed by atoms with van der Waals surface area (Å²) in [5.74, 6) is -0.377. The number of rotatable bonds is 18. The summed E-state index contributed by atoms with van der Waals surface area (Å²) in [5.41, 5.74) is 6.81. The molecule has 0 aromatic carbocycles. The van der Waals surface area contributed by atoms with Gasteiger partial charge in [0.15, 0.2) is 0 Å². The van der Waals surface area contributed by atoms with Crippen LogP contribution in [-0.4, -0.2) is 94.3 Å². The van der Waals surface area contributed by atoms with Crippen molar-refractivity contribution in [2.75, 3.05) is 52.7 Å². The number of hydrogen-bond donors (Lipinski definition) is 2. The average molecular weight is 545 g/mol. The van der Waals surface area contributed by atoms with Gasteiger partial charge in [-0.15, -0.1) is 0 Å². The molecule has 0 aliphatic carbocycles. The number of hydrogen-bond acceptors (Lipinski definition) is 9. The topological polar surface area (TPSA) is 183 Å². The summed E-state index contributed by atoms with van der Waals surface area (Å²) in [5, 5.41) is 8.68. The van der Waals surface area contributed by atoms with E-state index in [1.807, 2.05) is 0 Å². The van der Waals surface area contributed by atoms with E-state index in [-0.39, 0.29) is 25.6 Å². The highest BCUT2D eigenvalue weighted by Gasteiger charge is 2.24. The Balaban J connectivity index is 4.35. The number of carbonyl (C=O) groups excluding carboxylic acids is 3. The molecule has 0 bridgehead atoms. The first-order valence-electron chi connectivity index (χ1n) is 12.6.